The molecule has 0 saturated carbocycles. The Bertz CT molecular complexity index is 671. The number of rotatable bonds is 3. The number of fused-ring (bicyclic) bond motifs is 1. The van der Waals surface area contributed by atoms with Gasteiger partial charge in [-0.2, -0.15) is 0 Å². The number of imide groups is 1. The lowest BCUT2D eigenvalue weighted by molar-refractivity contribution is -0.125. The van der Waals surface area contributed by atoms with E-state index in [0.717, 1.165) is 16.1 Å². The first kappa shape index (κ1) is 13.9. The zero-order valence-electron chi connectivity index (χ0n) is 11.5. The zero-order valence-corrected chi connectivity index (χ0v) is 12.4. The van der Waals surface area contributed by atoms with Gasteiger partial charge in [-0.25, -0.2) is 4.99 Å². The van der Waals surface area contributed by atoms with Crippen LogP contribution < -0.4 is 5.32 Å². The maximum atomic E-state index is 12.1. The second kappa shape index (κ2) is 5.40. The molecule has 110 valence electrons. The standard InChI is InChI=1S/C14H15N3O3S/c1-2-21(20)12-5-3-4-10-9(12)7-17(8-15-10)11-6-13(18)16-14(11)19/h3-5,8,11H,2,6-7H2,1H3,(H,16,18,19). The summed E-state index contributed by atoms with van der Waals surface area (Å²) in [6.07, 6.45) is 1.73. The van der Waals surface area contributed by atoms with E-state index in [1.807, 2.05) is 25.1 Å². The summed E-state index contributed by atoms with van der Waals surface area (Å²) in [5.41, 5.74) is 1.64. The molecule has 0 aliphatic carbocycles. The summed E-state index contributed by atoms with van der Waals surface area (Å²) >= 11 is 0. The number of hydrogen-bond donors (Lipinski definition) is 1. The lowest BCUT2D eigenvalue weighted by Gasteiger charge is -2.28. The molecule has 6 nitrogen and oxygen atoms in total. The van der Waals surface area contributed by atoms with E-state index in [4.69, 9.17) is 0 Å². The predicted octanol–water partition coefficient (Wildman–Crippen LogP) is 0.705. The Balaban J connectivity index is 1.93. The number of nitrogens with one attached hydrogen (secondary N) is 1. The molecule has 0 spiro atoms. The molecule has 2 aliphatic heterocycles. The first-order chi connectivity index (χ1) is 10.1. The van der Waals surface area contributed by atoms with Crippen LogP contribution in [0.15, 0.2) is 28.1 Å². The summed E-state index contributed by atoms with van der Waals surface area (Å²) in [6.45, 7) is 2.30. The summed E-state index contributed by atoms with van der Waals surface area (Å²) in [5, 5.41) is 2.30. The first-order valence-electron chi connectivity index (χ1n) is 6.74. The number of benzene rings is 1. The molecule has 0 aromatic heterocycles. The van der Waals surface area contributed by atoms with Crippen LogP contribution in [-0.4, -0.2) is 39.1 Å². The molecule has 1 saturated heterocycles. The molecule has 2 atom stereocenters. The van der Waals surface area contributed by atoms with Crippen LogP contribution in [0, 0.1) is 0 Å². The summed E-state index contributed by atoms with van der Waals surface area (Å²) in [7, 11) is -1.08. The van der Waals surface area contributed by atoms with E-state index in [1.54, 1.807) is 11.2 Å². The van der Waals surface area contributed by atoms with Gasteiger partial charge in [0.05, 0.1) is 29.2 Å². The number of hydrogen-bond acceptors (Lipinski definition) is 5. The van der Waals surface area contributed by atoms with Gasteiger partial charge in [0.25, 0.3) is 0 Å². The van der Waals surface area contributed by atoms with Crippen molar-refractivity contribution in [2.45, 2.75) is 30.8 Å². The van der Waals surface area contributed by atoms with Crippen LogP contribution in [0.1, 0.15) is 18.9 Å². The maximum Gasteiger partial charge on any atom is 0.249 e. The summed E-state index contributed by atoms with van der Waals surface area (Å²) in [5.74, 6) is -0.0404. The van der Waals surface area contributed by atoms with E-state index >= 15 is 0 Å². The van der Waals surface area contributed by atoms with E-state index in [1.165, 1.54) is 0 Å². The van der Waals surface area contributed by atoms with Crippen molar-refractivity contribution < 1.29 is 13.8 Å². The number of amides is 2. The highest BCUT2D eigenvalue weighted by molar-refractivity contribution is 7.85. The van der Waals surface area contributed by atoms with E-state index in [2.05, 4.69) is 10.3 Å². The van der Waals surface area contributed by atoms with Crippen LogP contribution in [0.3, 0.4) is 0 Å². The fourth-order valence-electron chi connectivity index (χ4n) is 2.56. The summed E-state index contributed by atoms with van der Waals surface area (Å²) in [6, 6.07) is 4.99. The summed E-state index contributed by atoms with van der Waals surface area (Å²) < 4.78 is 12.1. The van der Waals surface area contributed by atoms with E-state index in [9.17, 15) is 13.8 Å². The van der Waals surface area contributed by atoms with Crippen molar-refractivity contribution in [1.82, 2.24) is 10.2 Å². The third-order valence-corrected chi connectivity index (χ3v) is 5.04. The number of carbonyl (C=O) groups excluding carboxylic acids is 2. The topological polar surface area (TPSA) is 78.8 Å². The van der Waals surface area contributed by atoms with Crippen LogP contribution in [0.25, 0.3) is 0 Å². The Hall–Kier alpha value is -2.02. The third-order valence-electron chi connectivity index (χ3n) is 3.65. The second-order valence-electron chi connectivity index (χ2n) is 4.94. The Morgan fingerprint density at radius 3 is 2.90 bits per heavy atom. The minimum atomic E-state index is -1.08. The highest BCUT2D eigenvalue weighted by atomic mass is 32.2. The van der Waals surface area contributed by atoms with Gasteiger partial charge in [0.1, 0.15) is 6.04 Å². The molecule has 1 N–H and O–H groups in total. The SMILES string of the molecule is CCS(=O)c1cccc2c1CN(C1CC(=O)NC1=O)C=N2. The average molecular weight is 305 g/mol. The molecule has 2 unspecified atom stereocenters. The van der Waals surface area contributed by atoms with Crippen LogP contribution in [0.4, 0.5) is 5.69 Å². The third kappa shape index (κ3) is 2.49. The van der Waals surface area contributed by atoms with Crippen molar-refractivity contribution in [3.63, 3.8) is 0 Å². The van der Waals surface area contributed by atoms with Crippen LogP contribution in [0.5, 0.6) is 0 Å². The fraction of sp³-hybridized carbons (Fsp3) is 0.357. The Labute approximate surface area is 124 Å². The van der Waals surface area contributed by atoms with Crippen molar-refractivity contribution in [3.8, 4) is 0 Å². The molecular formula is C14H15N3O3S. The first-order valence-corrected chi connectivity index (χ1v) is 8.06. The molecule has 2 aliphatic rings. The van der Waals surface area contributed by atoms with Gasteiger partial charge in [-0.05, 0) is 12.1 Å². The molecule has 3 rings (SSSR count). The number of carbonyl (C=O) groups is 2. The Kier molecular flexibility index (Phi) is 3.59. The molecule has 1 aromatic rings. The monoisotopic (exact) mass is 305 g/mol. The van der Waals surface area contributed by atoms with Crippen LogP contribution >= 0.6 is 0 Å². The average Bonchev–Trinajstić information content (AvgIpc) is 2.84. The Morgan fingerprint density at radius 1 is 1.43 bits per heavy atom. The molecule has 2 amide bonds. The Morgan fingerprint density at radius 2 is 2.24 bits per heavy atom. The van der Waals surface area contributed by atoms with Crippen LogP contribution in [-0.2, 0) is 26.9 Å². The van der Waals surface area contributed by atoms with Crippen molar-refractivity contribution in [2.24, 2.45) is 4.99 Å². The van der Waals surface area contributed by atoms with Crippen molar-refractivity contribution in [1.29, 1.82) is 0 Å². The minimum Gasteiger partial charge on any atom is -0.346 e. The number of nitrogens with zero attached hydrogens (tertiary/aromatic N) is 2. The molecule has 0 radical (unpaired) electrons. The molecule has 2 heterocycles. The van der Waals surface area contributed by atoms with Gasteiger partial charge in [-0.15, -0.1) is 0 Å². The lowest BCUT2D eigenvalue weighted by atomic mass is 10.1. The van der Waals surface area contributed by atoms with Gasteiger partial charge in [-0.1, -0.05) is 13.0 Å². The van der Waals surface area contributed by atoms with Gasteiger partial charge in [-0.3, -0.25) is 19.1 Å². The van der Waals surface area contributed by atoms with Crippen molar-refractivity contribution >= 4 is 34.6 Å². The van der Waals surface area contributed by atoms with Crippen molar-refractivity contribution in [2.75, 3.05) is 5.75 Å². The maximum absolute atomic E-state index is 12.1. The largest absolute Gasteiger partial charge is 0.346 e. The van der Waals surface area contributed by atoms with E-state index in [-0.39, 0.29) is 18.2 Å². The van der Waals surface area contributed by atoms with Gasteiger partial charge >= 0.3 is 0 Å². The minimum absolute atomic E-state index is 0.138. The molecule has 21 heavy (non-hydrogen) atoms. The van der Waals surface area contributed by atoms with Crippen molar-refractivity contribution in [3.05, 3.63) is 23.8 Å². The second-order valence-corrected chi connectivity index (χ2v) is 6.65. The van der Waals surface area contributed by atoms with Gasteiger partial charge in [0.15, 0.2) is 0 Å². The van der Waals surface area contributed by atoms with Gasteiger partial charge < -0.3 is 4.90 Å². The normalized spacial score (nSPS) is 22.1. The fourth-order valence-corrected chi connectivity index (χ4v) is 3.55. The highest BCUT2D eigenvalue weighted by Crippen LogP contribution is 2.31. The molecule has 1 aromatic carbocycles. The zero-order chi connectivity index (χ0) is 15.0. The van der Waals surface area contributed by atoms with Gasteiger partial charge in [0.2, 0.25) is 11.8 Å². The smallest absolute Gasteiger partial charge is 0.249 e. The van der Waals surface area contributed by atoms with E-state index < -0.39 is 16.8 Å². The quantitative estimate of drug-likeness (QED) is 0.834. The highest BCUT2D eigenvalue weighted by Gasteiger charge is 2.36. The molecular weight excluding hydrogens is 290 g/mol. The molecule has 1 fully saturated rings. The summed E-state index contributed by atoms with van der Waals surface area (Å²) in [4.78, 5) is 29.9. The van der Waals surface area contributed by atoms with Crippen LogP contribution in [0.2, 0.25) is 0 Å². The number of aliphatic imine (C=N–C) groups is 1. The predicted molar refractivity (Wildman–Crippen MR) is 78.6 cm³/mol. The van der Waals surface area contributed by atoms with Gasteiger partial charge in [0, 0.05) is 22.8 Å². The molecule has 7 heteroatoms. The lowest BCUT2D eigenvalue weighted by Crippen LogP contribution is -2.40. The molecule has 0 bridgehead atoms. The van der Waals surface area contributed by atoms with E-state index in [0.29, 0.717) is 12.3 Å².